The zero-order valence-electron chi connectivity index (χ0n) is 7.86. The molecule has 1 heterocycles. The smallest absolute Gasteiger partial charge is 0.409 e. The summed E-state index contributed by atoms with van der Waals surface area (Å²) in [6, 6.07) is 1.55. The zero-order valence-corrected chi connectivity index (χ0v) is 7.86. The molecule has 0 aliphatic rings. The Morgan fingerprint density at radius 1 is 1.71 bits per heavy atom. The van der Waals surface area contributed by atoms with Gasteiger partial charge in [-0.2, -0.15) is 0 Å². The standard InChI is InChI=1S/C9H12N2O3/c1-2-7-8(14-9(10)13)3-6(5-12)4-11-7/h3-4,12H,2,5H2,1H3,(H2,10,13). The number of aliphatic hydroxyl groups is 1. The molecule has 0 aliphatic heterocycles. The number of primary amides is 1. The predicted octanol–water partition coefficient (Wildman–Crippen LogP) is 0.594. The third kappa shape index (κ3) is 2.43. The monoisotopic (exact) mass is 196 g/mol. The van der Waals surface area contributed by atoms with E-state index in [9.17, 15) is 4.79 Å². The first-order valence-electron chi connectivity index (χ1n) is 4.23. The number of nitrogens with two attached hydrogens (primary N) is 1. The number of hydrogen-bond donors (Lipinski definition) is 2. The Morgan fingerprint density at radius 3 is 2.93 bits per heavy atom. The van der Waals surface area contributed by atoms with E-state index >= 15 is 0 Å². The molecular weight excluding hydrogens is 184 g/mol. The maximum Gasteiger partial charge on any atom is 0.410 e. The van der Waals surface area contributed by atoms with Gasteiger partial charge in [0.1, 0.15) is 0 Å². The summed E-state index contributed by atoms with van der Waals surface area (Å²) >= 11 is 0. The van der Waals surface area contributed by atoms with Crippen LogP contribution in [0, 0.1) is 0 Å². The zero-order chi connectivity index (χ0) is 10.6. The number of aromatic nitrogens is 1. The molecule has 1 aromatic rings. The minimum absolute atomic E-state index is 0.147. The molecule has 0 spiro atoms. The van der Waals surface area contributed by atoms with Crippen molar-refractivity contribution in [1.29, 1.82) is 0 Å². The van der Waals surface area contributed by atoms with Gasteiger partial charge in [-0.15, -0.1) is 0 Å². The van der Waals surface area contributed by atoms with E-state index in [2.05, 4.69) is 4.98 Å². The molecule has 3 N–H and O–H groups in total. The number of aliphatic hydroxyl groups excluding tert-OH is 1. The van der Waals surface area contributed by atoms with Crippen LogP contribution in [0.5, 0.6) is 5.75 Å². The van der Waals surface area contributed by atoms with Crippen LogP contribution in [0.1, 0.15) is 18.2 Å². The lowest BCUT2D eigenvalue weighted by atomic mass is 10.2. The molecule has 0 saturated carbocycles. The maximum absolute atomic E-state index is 10.5. The Balaban J connectivity index is 3.01. The van der Waals surface area contributed by atoms with Gasteiger partial charge in [-0.1, -0.05) is 6.92 Å². The second-order valence-corrected chi connectivity index (χ2v) is 2.72. The number of ether oxygens (including phenoxy) is 1. The molecule has 0 aliphatic carbocycles. The van der Waals surface area contributed by atoms with Crippen LogP contribution in [0.3, 0.4) is 0 Å². The SMILES string of the molecule is CCc1ncc(CO)cc1OC(N)=O. The number of carbonyl (C=O) groups excluding carboxylic acids is 1. The first kappa shape index (κ1) is 10.5. The topological polar surface area (TPSA) is 85.4 Å². The average molecular weight is 196 g/mol. The molecule has 0 atom stereocenters. The lowest BCUT2D eigenvalue weighted by Crippen LogP contribution is -2.17. The number of carbonyl (C=O) groups is 1. The van der Waals surface area contributed by atoms with Crippen molar-refractivity contribution in [3.63, 3.8) is 0 Å². The third-order valence-electron chi connectivity index (χ3n) is 1.72. The quantitative estimate of drug-likeness (QED) is 0.741. The van der Waals surface area contributed by atoms with Crippen molar-refractivity contribution in [1.82, 2.24) is 4.98 Å². The summed E-state index contributed by atoms with van der Waals surface area (Å²) in [5.41, 5.74) is 6.11. The van der Waals surface area contributed by atoms with Crippen molar-refractivity contribution in [3.8, 4) is 5.75 Å². The van der Waals surface area contributed by atoms with Crippen molar-refractivity contribution >= 4 is 6.09 Å². The molecule has 5 nitrogen and oxygen atoms in total. The van der Waals surface area contributed by atoms with Crippen LogP contribution in [0.15, 0.2) is 12.3 Å². The summed E-state index contributed by atoms with van der Waals surface area (Å²) in [7, 11) is 0. The van der Waals surface area contributed by atoms with Gasteiger partial charge in [-0.25, -0.2) is 4.79 Å². The van der Waals surface area contributed by atoms with Gasteiger partial charge in [-0.3, -0.25) is 4.98 Å². The van der Waals surface area contributed by atoms with E-state index in [1.54, 1.807) is 6.07 Å². The first-order valence-corrected chi connectivity index (χ1v) is 4.23. The highest BCUT2D eigenvalue weighted by atomic mass is 16.5. The minimum atomic E-state index is -0.878. The van der Waals surface area contributed by atoms with E-state index in [1.165, 1.54) is 6.20 Å². The van der Waals surface area contributed by atoms with Gasteiger partial charge in [0, 0.05) is 6.20 Å². The fourth-order valence-electron chi connectivity index (χ4n) is 1.06. The van der Waals surface area contributed by atoms with Crippen LogP contribution in [0.25, 0.3) is 0 Å². The van der Waals surface area contributed by atoms with Gasteiger partial charge < -0.3 is 15.6 Å². The largest absolute Gasteiger partial charge is 0.410 e. The lowest BCUT2D eigenvalue weighted by Gasteiger charge is -2.07. The molecule has 76 valence electrons. The average Bonchev–Trinajstić information content (AvgIpc) is 2.16. The van der Waals surface area contributed by atoms with Crippen molar-refractivity contribution in [3.05, 3.63) is 23.5 Å². The van der Waals surface area contributed by atoms with Crippen LogP contribution in [0.4, 0.5) is 4.79 Å². The number of amides is 1. The van der Waals surface area contributed by atoms with Gasteiger partial charge in [0.15, 0.2) is 5.75 Å². The fraction of sp³-hybridized carbons (Fsp3) is 0.333. The highest BCUT2D eigenvalue weighted by molar-refractivity contribution is 5.68. The van der Waals surface area contributed by atoms with E-state index in [4.69, 9.17) is 15.6 Å². The number of rotatable bonds is 3. The Morgan fingerprint density at radius 2 is 2.43 bits per heavy atom. The molecule has 0 radical (unpaired) electrons. The molecule has 14 heavy (non-hydrogen) atoms. The van der Waals surface area contributed by atoms with E-state index in [-0.39, 0.29) is 6.61 Å². The fourth-order valence-corrected chi connectivity index (χ4v) is 1.06. The third-order valence-corrected chi connectivity index (χ3v) is 1.72. The maximum atomic E-state index is 10.5. The van der Waals surface area contributed by atoms with Crippen LogP contribution in [0.2, 0.25) is 0 Å². The van der Waals surface area contributed by atoms with Gasteiger partial charge in [0.05, 0.1) is 12.3 Å². The molecule has 1 aromatic heterocycles. The molecule has 0 bridgehead atoms. The molecule has 1 rings (SSSR count). The first-order chi connectivity index (χ1) is 6.67. The van der Waals surface area contributed by atoms with Crippen molar-refractivity contribution < 1.29 is 14.6 Å². The Labute approximate surface area is 81.5 Å². The Hall–Kier alpha value is -1.62. The number of pyridine rings is 1. The lowest BCUT2D eigenvalue weighted by molar-refractivity contribution is 0.210. The van der Waals surface area contributed by atoms with Crippen LogP contribution >= 0.6 is 0 Å². The van der Waals surface area contributed by atoms with E-state index < -0.39 is 6.09 Å². The summed E-state index contributed by atoms with van der Waals surface area (Å²) in [4.78, 5) is 14.6. The highest BCUT2D eigenvalue weighted by Crippen LogP contribution is 2.18. The molecule has 0 saturated heterocycles. The van der Waals surface area contributed by atoms with E-state index in [0.29, 0.717) is 23.4 Å². The Bertz CT molecular complexity index is 339. The summed E-state index contributed by atoms with van der Waals surface area (Å²) in [6.45, 7) is 1.74. The summed E-state index contributed by atoms with van der Waals surface area (Å²) in [5, 5.41) is 8.85. The number of nitrogens with zero attached hydrogens (tertiary/aromatic N) is 1. The van der Waals surface area contributed by atoms with Crippen LogP contribution in [-0.2, 0) is 13.0 Å². The highest BCUT2D eigenvalue weighted by Gasteiger charge is 2.07. The minimum Gasteiger partial charge on any atom is -0.409 e. The molecule has 0 fully saturated rings. The van der Waals surface area contributed by atoms with E-state index in [0.717, 1.165) is 0 Å². The predicted molar refractivity (Wildman–Crippen MR) is 49.7 cm³/mol. The van der Waals surface area contributed by atoms with Crippen molar-refractivity contribution in [2.45, 2.75) is 20.0 Å². The number of hydrogen-bond acceptors (Lipinski definition) is 4. The van der Waals surface area contributed by atoms with Crippen molar-refractivity contribution in [2.75, 3.05) is 0 Å². The number of aryl methyl sites for hydroxylation is 1. The second kappa shape index (κ2) is 4.57. The Kier molecular flexibility index (Phi) is 3.41. The van der Waals surface area contributed by atoms with Crippen LogP contribution < -0.4 is 10.5 Å². The van der Waals surface area contributed by atoms with Crippen LogP contribution in [-0.4, -0.2) is 16.2 Å². The second-order valence-electron chi connectivity index (χ2n) is 2.72. The van der Waals surface area contributed by atoms with Crippen molar-refractivity contribution in [2.24, 2.45) is 5.73 Å². The molecule has 0 aromatic carbocycles. The van der Waals surface area contributed by atoms with Gasteiger partial charge in [0.25, 0.3) is 0 Å². The molecule has 5 heteroatoms. The summed E-state index contributed by atoms with van der Waals surface area (Å²) in [6.07, 6.45) is 1.29. The molecule has 1 amide bonds. The molecular formula is C9H12N2O3. The normalized spacial score (nSPS) is 9.86. The van der Waals surface area contributed by atoms with Gasteiger partial charge in [0.2, 0.25) is 0 Å². The van der Waals surface area contributed by atoms with E-state index in [1.807, 2.05) is 6.92 Å². The molecule has 0 unspecified atom stereocenters. The van der Waals surface area contributed by atoms with Gasteiger partial charge >= 0.3 is 6.09 Å². The summed E-state index contributed by atoms with van der Waals surface area (Å²) in [5.74, 6) is 0.312. The summed E-state index contributed by atoms with van der Waals surface area (Å²) < 4.78 is 4.74. The van der Waals surface area contributed by atoms with Gasteiger partial charge in [-0.05, 0) is 18.1 Å².